The normalized spacial score (nSPS) is 47.7. The van der Waals surface area contributed by atoms with Crippen molar-refractivity contribution in [2.24, 2.45) is 40.4 Å². The fourth-order valence-electron chi connectivity index (χ4n) is 9.03. The number of amides is 1. The zero-order chi connectivity index (χ0) is 24.2. The number of nitrogens with one attached hydrogen (secondary N) is 1. The number of carbonyl (C=O) groups excluding carboxylic acids is 2. The van der Waals surface area contributed by atoms with Crippen LogP contribution in [0.2, 0.25) is 0 Å². The van der Waals surface area contributed by atoms with Gasteiger partial charge >= 0.3 is 0 Å². The Kier molecular flexibility index (Phi) is 6.64. The largest absolute Gasteiger partial charge is 0.548 e. The van der Waals surface area contributed by atoms with Crippen molar-refractivity contribution in [2.75, 3.05) is 6.54 Å². The van der Waals surface area contributed by atoms with Crippen molar-refractivity contribution in [3.63, 3.8) is 0 Å². The molecule has 0 heterocycles. The summed E-state index contributed by atoms with van der Waals surface area (Å²) in [5.41, 5.74) is -1.24. The van der Waals surface area contributed by atoms with Crippen LogP contribution < -0.4 is 10.4 Å². The lowest BCUT2D eigenvalue weighted by Crippen LogP contribution is -2.67. The maximum atomic E-state index is 12.3. The van der Waals surface area contributed by atoms with Crippen LogP contribution in [0.25, 0.3) is 0 Å². The van der Waals surface area contributed by atoms with E-state index in [0.29, 0.717) is 18.8 Å². The molecule has 0 aromatic rings. The van der Waals surface area contributed by atoms with Crippen molar-refractivity contribution in [3.8, 4) is 0 Å². The predicted molar refractivity (Wildman–Crippen MR) is 120 cm³/mol. The molecule has 4 aliphatic carbocycles. The Labute approximate surface area is 197 Å². The molecule has 188 valence electrons. The van der Waals surface area contributed by atoms with E-state index in [4.69, 9.17) is 0 Å². The molecular weight excluding hydrogens is 422 g/mol. The molecule has 0 aromatic carbocycles. The Morgan fingerprint density at radius 1 is 1.06 bits per heavy atom. The fourth-order valence-corrected chi connectivity index (χ4v) is 9.03. The third-order valence-corrected chi connectivity index (χ3v) is 10.8. The smallest absolute Gasteiger partial charge is 0.220 e. The Morgan fingerprint density at radius 3 is 2.48 bits per heavy atom. The van der Waals surface area contributed by atoms with Gasteiger partial charge in [0, 0.05) is 11.8 Å². The first kappa shape index (κ1) is 24.9. The van der Waals surface area contributed by atoms with Crippen LogP contribution in [0.5, 0.6) is 0 Å². The number of carboxylic acids is 1. The lowest BCUT2D eigenvalue weighted by Gasteiger charge is -2.65. The summed E-state index contributed by atoms with van der Waals surface area (Å²) >= 11 is 0. The molecule has 0 radical (unpaired) electrons. The van der Waals surface area contributed by atoms with Crippen LogP contribution >= 0.6 is 0 Å². The van der Waals surface area contributed by atoms with E-state index in [9.17, 15) is 30.0 Å². The van der Waals surface area contributed by atoms with E-state index < -0.39 is 29.6 Å². The first-order chi connectivity index (χ1) is 15.4. The summed E-state index contributed by atoms with van der Waals surface area (Å²) in [6.45, 7) is 6.09. The quantitative estimate of drug-likeness (QED) is 0.470. The summed E-state index contributed by atoms with van der Waals surface area (Å²) in [5.74, 6) is -0.725. The highest BCUT2D eigenvalue weighted by Gasteiger charge is 2.69. The van der Waals surface area contributed by atoms with E-state index in [1.807, 2.05) is 0 Å². The number of hydrogen-bond acceptors (Lipinski definition) is 6. The number of hydrogen-bond donors (Lipinski definition) is 4. The zero-order valence-electron chi connectivity index (χ0n) is 20.4. The molecule has 0 aromatic heterocycles. The van der Waals surface area contributed by atoms with Crippen molar-refractivity contribution in [3.05, 3.63) is 0 Å². The number of aliphatic carboxylic acids is 1. The zero-order valence-corrected chi connectivity index (χ0v) is 20.4. The average molecular weight is 465 g/mol. The van der Waals surface area contributed by atoms with Gasteiger partial charge in [0.25, 0.3) is 0 Å². The lowest BCUT2D eigenvalue weighted by atomic mass is 9.42. The molecule has 0 bridgehead atoms. The lowest BCUT2D eigenvalue weighted by molar-refractivity contribution is -0.304. The molecule has 4 fully saturated rings. The molecule has 0 unspecified atom stereocenters. The molecule has 4 saturated carbocycles. The summed E-state index contributed by atoms with van der Waals surface area (Å²) in [6.07, 6.45) is 6.69. The highest BCUT2D eigenvalue weighted by Crippen LogP contribution is 2.69. The van der Waals surface area contributed by atoms with Gasteiger partial charge in [0.15, 0.2) is 0 Å². The van der Waals surface area contributed by atoms with Gasteiger partial charge in [-0.1, -0.05) is 20.8 Å². The number of carboxylic acid groups (broad SMARTS) is 1. The van der Waals surface area contributed by atoms with E-state index in [0.717, 1.165) is 44.9 Å². The van der Waals surface area contributed by atoms with Crippen LogP contribution in [0.3, 0.4) is 0 Å². The van der Waals surface area contributed by atoms with Crippen molar-refractivity contribution < 1.29 is 30.0 Å². The van der Waals surface area contributed by atoms with Gasteiger partial charge in [-0.15, -0.1) is 0 Å². The Balaban J connectivity index is 1.50. The van der Waals surface area contributed by atoms with Gasteiger partial charge in [0.05, 0.1) is 30.3 Å². The molecular formula is C26H42NO6-. The van der Waals surface area contributed by atoms with Crippen LogP contribution in [0.1, 0.15) is 85.0 Å². The molecule has 4 N–H and O–H groups in total. The maximum absolute atomic E-state index is 12.3. The molecule has 4 aliphatic rings. The monoisotopic (exact) mass is 464 g/mol. The SMILES string of the molecule is C[C@H](CCC(=O)NCC(=O)[O-])[C@H]1CC[C@H]2[C@@]3(O)CC[C@H]4C[C@H](O)CC[C@]4(C)[C@@H]3C[C@H](O)[C@]12C. The molecule has 0 aliphatic heterocycles. The number of aliphatic hydroxyl groups excluding tert-OH is 2. The minimum absolute atomic E-state index is 0.0303. The first-order valence-corrected chi connectivity index (χ1v) is 13.0. The Bertz CT molecular complexity index is 774. The van der Waals surface area contributed by atoms with Gasteiger partial charge in [-0.05, 0) is 92.8 Å². The maximum Gasteiger partial charge on any atom is 0.220 e. The second-order valence-electron chi connectivity index (χ2n) is 12.2. The molecule has 7 nitrogen and oxygen atoms in total. The summed E-state index contributed by atoms with van der Waals surface area (Å²) in [7, 11) is 0. The van der Waals surface area contributed by atoms with Crippen LogP contribution in [-0.2, 0) is 9.59 Å². The minimum atomic E-state index is -1.30. The second kappa shape index (κ2) is 8.80. The summed E-state index contributed by atoms with van der Waals surface area (Å²) in [4.78, 5) is 22.6. The van der Waals surface area contributed by atoms with Gasteiger partial charge in [0.2, 0.25) is 5.91 Å². The highest BCUT2D eigenvalue weighted by atomic mass is 16.4. The third-order valence-electron chi connectivity index (χ3n) is 10.8. The number of fused-ring (bicyclic) bond motifs is 5. The van der Waals surface area contributed by atoms with E-state index in [1.165, 1.54) is 0 Å². The molecule has 33 heavy (non-hydrogen) atoms. The molecule has 4 rings (SSSR count). The molecule has 1 amide bonds. The van der Waals surface area contributed by atoms with E-state index >= 15 is 0 Å². The molecule has 7 heteroatoms. The van der Waals surface area contributed by atoms with E-state index in [2.05, 4.69) is 26.1 Å². The van der Waals surface area contributed by atoms with Crippen LogP contribution in [0, 0.1) is 40.4 Å². The van der Waals surface area contributed by atoms with Gasteiger partial charge in [0.1, 0.15) is 0 Å². The fraction of sp³-hybridized carbons (Fsp3) is 0.923. The number of carbonyl (C=O) groups is 2. The number of rotatable bonds is 6. The molecule has 0 saturated heterocycles. The summed E-state index contributed by atoms with van der Waals surface area (Å²) < 4.78 is 0. The predicted octanol–water partition coefficient (Wildman–Crippen LogP) is 1.37. The van der Waals surface area contributed by atoms with Crippen molar-refractivity contribution >= 4 is 11.9 Å². The standard InChI is InChI=1S/C26H43NO6/c1-15(4-7-22(30)27-14-23(31)32)18-5-6-19-25(18,3)21(29)13-20-24(2)10-9-17(28)12-16(24)8-11-26(19,20)33/h15-21,28-29,33H,4-14H2,1-3H3,(H,27,30)(H,31,32)/p-1/t15-,16+,17-,18-,19-,20+,21+,24+,25-,26+/m1/s1. The Hall–Kier alpha value is -1.18. The van der Waals surface area contributed by atoms with Crippen molar-refractivity contribution in [1.82, 2.24) is 5.32 Å². The van der Waals surface area contributed by atoms with Crippen LogP contribution in [-0.4, -0.2) is 51.5 Å². The van der Waals surface area contributed by atoms with E-state index in [1.54, 1.807) is 0 Å². The topological polar surface area (TPSA) is 130 Å². The Morgan fingerprint density at radius 2 is 1.79 bits per heavy atom. The van der Waals surface area contributed by atoms with Gasteiger partial charge in [-0.25, -0.2) is 0 Å². The third kappa shape index (κ3) is 4.02. The first-order valence-electron chi connectivity index (χ1n) is 13.0. The van der Waals surface area contributed by atoms with Gasteiger partial charge in [-0.3, -0.25) is 4.79 Å². The van der Waals surface area contributed by atoms with Gasteiger partial charge < -0.3 is 30.5 Å². The second-order valence-corrected chi connectivity index (χ2v) is 12.2. The number of aliphatic hydroxyl groups is 3. The minimum Gasteiger partial charge on any atom is -0.548 e. The highest BCUT2D eigenvalue weighted by molar-refractivity contribution is 5.80. The average Bonchev–Trinajstić information content (AvgIpc) is 3.13. The summed E-state index contributed by atoms with van der Waals surface area (Å²) in [6, 6.07) is 0. The van der Waals surface area contributed by atoms with Crippen molar-refractivity contribution in [1.29, 1.82) is 0 Å². The summed E-state index contributed by atoms with van der Waals surface area (Å²) in [5, 5.41) is 47.0. The molecule has 0 spiro atoms. The van der Waals surface area contributed by atoms with Gasteiger partial charge in [-0.2, -0.15) is 0 Å². The van der Waals surface area contributed by atoms with E-state index in [-0.39, 0.29) is 47.5 Å². The van der Waals surface area contributed by atoms with Crippen molar-refractivity contribution in [2.45, 2.75) is 103 Å². The van der Waals surface area contributed by atoms with Crippen LogP contribution in [0.15, 0.2) is 0 Å². The molecule has 10 atom stereocenters. The van der Waals surface area contributed by atoms with Crippen LogP contribution in [0.4, 0.5) is 0 Å².